The number of hydrogen-bond acceptors (Lipinski definition) is 5. The Morgan fingerprint density at radius 2 is 2.48 bits per heavy atom. The number of ether oxygens (including phenoxy) is 1. The van der Waals surface area contributed by atoms with Gasteiger partial charge in [-0.15, -0.1) is 11.3 Å². The second-order valence-corrected chi connectivity index (χ2v) is 6.15. The van der Waals surface area contributed by atoms with Crippen LogP contribution in [0.5, 0.6) is 0 Å². The number of morpholine rings is 1. The lowest BCUT2D eigenvalue weighted by Gasteiger charge is -2.34. The third kappa shape index (κ3) is 2.27. The first-order valence-electron chi connectivity index (χ1n) is 7.05. The van der Waals surface area contributed by atoms with Gasteiger partial charge in [-0.2, -0.15) is 5.10 Å². The van der Waals surface area contributed by atoms with Crippen molar-refractivity contribution in [2.75, 3.05) is 19.8 Å². The van der Waals surface area contributed by atoms with E-state index in [1.54, 1.807) is 17.5 Å². The number of imidazole rings is 1. The monoisotopic (exact) mass is 303 g/mol. The van der Waals surface area contributed by atoms with Crippen LogP contribution >= 0.6 is 11.3 Å². The molecule has 3 aromatic rings. The number of thiazole rings is 1. The summed E-state index contributed by atoms with van der Waals surface area (Å²) < 4.78 is 7.84. The van der Waals surface area contributed by atoms with E-state index >= 15 is 0 Å². The SMILES string of the molecule is Cc1nc2sccn2c1CN1CCOCC1c1ccn[nH]1. The van der Waals surface area contributed by atoms with Gasteiger partial charge in [0, 0.05) is 30.9 Å². The number of hydrogen-bond donors (Lipinski definition) is 1. The molecule has 21 heavy (non-hydrogen) atoms. The molecule has 0 saturated carbocycles. The summed E-state index contributed by atoms with van der Waals surface area (Å²) >= 11 is 1.68. The van der Waals surface area contributed by atoms with Crippen molar-refractivity contribution in [1.82, 2.24) is 24.5 Å². The first kappa shape index (κ1) is 13.0. The van der Waals surface area contributed by atoms with Crippen LogP contribution in [0.2, 0.25) is 0 Å². The fourth-order valence-electron chi connectivity index (χ4n) is 2.89. The molecule has 3 aromatic heterocycles. The molecule has 0 radical (unpaired) electrons. The van der Waals surface area contributed by atoms with Crippen molar-refractivity contribution in [2.24, 2.45) is 0 Å². The fourth-order valence-corrected chi connectivity index (χ4v) is 3.67. The maximum absolute atomic E-state index is 5.65. The molecule has 0 spiro atoms. The van der Waals surface area contributed by atoms with Crippen LogP contribution in [-0.2, 0) is 11.3 Å². The second kappa shape index (κ2) is 5.25. The highest BCUT2D eigenvalue weighted by molar-refractivity contribution is 7.15. The fraction of sp³-hybridized carbons (Fsp3) is 0.429. The van der Waals surface area contributed by atoms with Crippen LogP contribution in [0.25, 0.3) is 4.96 Å². The van der Waals surface area contributed by atoms with Crippen molar-refractivity contribution in [2.45, 2.75) is 19.5 Å². The molecule has 1 saturated heterocycles. The molecular weight excluding hydrogens is 286 g/mol. The molecule has 0 aromatic carbocycles. The van der Waals surface area contributed by atoms with Gasteiger partial charge in [0.1, 0.15) is 0 Å². The van der Waals surface area contributed by atoms with Gasteiger partial charge in [-0.25, -0.2) is 4.98 Å². The van der Waals surface area contributed by atoms with E-state index in [9.17, 15) is 0 Å². The molecule has 1 fully saturated rings. The van der Waals surface area contributed by atoms with Gasteiger partial charge in [-0.1, -0.05) is 0 Å². The van der Waals surface area contributed by atoms with Gasteiger partial charge in [0.15, 0.2) is 4.96 Å². The van der Waals surface area contributed by atoms with Crippen LogP contribution in [-0.4, -0.2) is 44.2 Å². The van der Waals surface area contributed by atoms with Gasteiger partial charge in [0.2, 0.25) is 0 Å². The van der Waals surface area contributed by atoms with Gasteiger partial charge in [-0.05, 0) is 13.0 Å². The molecule has 1 unspecified atom stereocenters. The number of nitrogens with zero attached hydrogens (tertiary/aromatic N) is 4. The van der Waals surface area contributed by atoms with Gasteiger partial charge in [0.25, 0.3) is 0 Å². The minimum atomic E-state index is 0.227. The molecule has 7 heteroatoms. The van der Waals surface area contributed by atoms with Crippen LogP contribution < -0.4 is 0 Å². The smallest absolute Gasteiger partial charge is 0.194 e. The van der Waals surface area contributed by atoms with E-state index in [1.165, 1.54) is 5.69 Å². The molecule has 4 rings (SSSR count). The largest absolute Gasteiger partial charge is 0.378 e. The van der Waals surface area contributed by atoms with Gasteiger partial charge >= 0.3 is 0 Å². The Kier molecular flexibility index (Phi) is 3.25. The molecular formula is C14H17N5OS. The van der Waals surface area contributed by atoms with Crippen molar-refractivity contribution >= 4 is 16.3 Å². The zero-order valence-electron chi connectivity index (χ0n) is 11.8. The Bertz CT molecular complexity index is 732. The molecule has 1 atom stereocenters. The first-order chi connectivity index (χ1) is 10.3. The molecule has 110 valence electrons. The van der Waals surface area contributed by atoms with Crippen molar-refractivity contribution in [3.63, 3.8) is 0 Å². The normalized spacial score (nSPS) is 20.3. The molecule has 1 aliphatic heterocycles. The maximum atomic E-state index is 5.65. The molecule has 0 aliphatic carbocycles. The summed E-state index contributed by atoms with van der Waals surface area (Å²) in [5.41, 5.74) is 3.48. The zero-order valence-corrected chi connectivity index (χ0v) is 12.6. The lowest BCUT2D eigenvalue weighted by atomic mass is 10.1. The summed E-state index contributed by atoms with van der Waals surface area (Å²) in [6.07, 6.45) is 3.89. The summed E-state index contributed by atoms with van der Waals surface area (Å²) in [6.45, 7) is 5.35. The number of rotatable bonds is 3. The van der Waals surface area contributed by atoms with E-state index in [2.05, 4.69) is 43.0 Å². The van der Waals surface area contributed by atoms with E-state index < -0.39 is 0 Å². The van der Waals surface area contributed by atoms with E-state index in [0.29, 0.717) is 6.61 Å². The third-order valence-corrected chi connectivity index (χ3v) is 4.79. The minimum Gasteiger partial charge on any atom is -0.378 e. The molecule has 1 N–H and O–H groups in total. The number of nitrogens with one attached hydrogen (secondary N) is 1. The number of H-pyrrole nitrogens is 1. The number of aromatic amines is 1. The Labute approximate surface area is 126 Å². The van der Waals surface area contributed by atoms with Crippen LogP contribution in [0, 0.1) is 6.92 Å². The summed E-state index contributed by atoms with van der Waals surface area (Å²) in [5.74, 6) is 0. The average Bonchev–Trinajstić information content (AvgIpc) is 3.20. The lowest BCUT2D eigenvalue weighted by molar-refractivity contribution is -0.0150. The van der Waals surface area contributed by atoms with Gasteiger partial charge in [0.05, 0.1) is 36.3 Å². The maximum Gasteiger partial charge on any atom is 0.194 e. The van der Waals surface area contributed by atoms with Crippen LogP contribution in [0.1, 0.15) is 23.1 Å². The van der Waals surface area contributed by atoms with Crippen molar-refractivity contribution < 1.29 is 4.74 Å². The highest BCUT2D eigenvalue weighted by Crippen LogP contribution is 2.26. The average molecular weight is 303 g/mol. The van der Waals surface area contributed by atoms with E-state index in [1.807, 2.05) is 6.07 Å². The third-order valence-electron chi connectivity index (χ3n) is 4.03. The highest BCUT2D eigenvalue weighted by Gasteiger charge is 2.27. The summed E-state index contributed by atoms with van der Waals surface area (Å²) in [5, 5.41) is 9.22. The number of aryl methyl sites for hydroxylation is 1. The zero-order chi connectivity index (χ0) is 14.2. The predicted molar refractivity (Wildman–Crippen MR) is 80.4 cm³/mol. The summed E-state index contributed by atoms with van der Waals surface area (Å²) in [4.78, 5) is 8.13. The Balaban J connectivity index is 1.65. The molecule has 4 heterocycles. The molecule has 0 amide bonds. The van der Waals surface area contributed by atoms with Gasteiger partial charge < -0.3 is 4.74 Å². The van der Waals surface area contributed by atoms with E-state index in [4.69, 9.17) is 4.74 Å². The minimum absolute atomic E-state index is 0.227. The van der Waals surface area contributed by atoms with E-state index in [0.717, 1.165) is 36.0 Å². The van der Waals surface area contributed by atoms with Crippen LogP contribution in [0.3, 0.4) is 0 Å². The number of aromatic nitrogens is 4. The quantitative estimate of drug-likeness (QED) is 0.804. The van der Waals surface area contributed by atoms with Gasteiger partial charge in [-0.3, -0.25) is 14.4 Å². The topological polar surface area (TPSA) is 58.4 Å². The Morgan fingerprint density at radius 1 is 1.52 bits per heavy atom. The number of fused-ring (bicyclic) bond motifs is 1. The molecule has 1 aliphatic rings. The van der Waals surface area contributed by atoms with Crippen molar-refractivity contribution in [3.05, 3.63) is 40.9 Å². The Morgan fingerprint density at radius 3 is 3.33 bits per heavy atom. The highest BCUT2D eigenvalue weighted by atomic mass is 32.1. The predicted octanol–water partition coefficient (Wildman–Crippen LogP) is 2.00. The van der Waals surface area contributed by atoms with Crippen molar-refractivity contribution in [1.29, 1.82) is 0 Å². The Hall–Kier alpha value is -1.70. The van der Waals surface area contributed by atoms with Crippen LogP contribution in [0.15, 0.2) is 23.8 Å². The summed E-state index contributed by atoms with van der Waals surface area (Å²) in [7, 11) is 0. The molecule has 6 nitrogen and oxygen atoms in total. The summed E-state index contributed by atoms with van der Waals surface area (Å²) in [6, 6.07) is 2.25. The van der Waals surface area contributed by atoms with Crippen LogP contribution in [0.4, 0.5) is 0 Å². The standard InChI is InChI=1S/C14H17N5OS/c1-10-12(19-5-7-21-14(19)16-10)8-18-4-6-20-9-13(18)11-2-3-15-17-11/h2-3,5,7,13H,4,6,8-9H2,1H3,(H,15,17). The molecule has 0 bridgehead atoms. The second-order valence-electron chi connectivity index (χ2n) is 5.27. The van der Waals surface area contributed by atoms with E-state index in [-0.39, 0.29) is 6.04 Å². The first-order valence-corrected chi connectivity index (χ1v) is 7.93. The lowest BCUT2D eigenvalue weighted by Crippen LogP contribution is -2.39. The van der Waals surface area contributed by atoms with Crippen molar-refractivity contribution in [3.8, 4) is 0 Å².